The van der Waals surface area contributed by atoms with Crippen LogP contribution in [0.3, 0.4) is 0 Å². The smallest absolute Gasteiger partial charge is 0.243 e. The SMILES string of the molecule is COc1cc(C)c(S(=O)(=O)N(C)Cc2nc(-c3cccs3)no2)c(C)c1. The number of hydrogen-bond donors (Lipinski definition) is 0. The van der Waals surface area contributed by atoms with Crippen LogP contribution in [0, 0.1) is 13.8 Å². The van der Waals surface area contributed by atoms with Gasteiger partial charge in [0.2, 0.25) is 21.7 Å². The molecule has 1 aromatic carbocycles. The van der Waals surface area contributed by atoms with Crippen LogP contribution in [0.4, 0.5) is 0 Å². The Morgan fingerprint density at radius 2 is 1.96 bits per heavy atom. The summed E-state index contributed by atoms with van der Waals surface area (Å²) in [4.78, 5) is 5.41. The average molecular weight is 393 g/mol. The molecule has 0 amide bonds. The van der Waals surface area contributed by atoms with Crippen molar-refractivity contribution in [2.75, 3.05) is 14.2 Å². The fourth-order valence-electron chi connectivity index (χ4n) is 2.69. The molecule has 0 unspecified atom stereocenters. The summed E-state index contributed by atoms with van der Waals surface area (Å²) in [7, 11) is -0.671. The highest BCUT2D eigenvalue weighted by atomic mass is 32.2. The van der Waals surface area contributed by atoms with Gasteiger partial charge < -0.3 is 9.26 Å². The first-order chi connectivity index (χ1) is 12.3. The fourth-order valence-corrected chi connectivity index (χ4v) is 4.86. The van der Waals surface area contributed by atoms with E-state index in [2.05, 4.69) is 10.1 Å². The Morgan fingerprint density at radius 1 is 1.27 bits per heavy atom. The Bertz CT molecular complexity index is 988. The minimum absolute atomic E-state index is 0.00832. The molecule has 0 aliphatic carbocycles. The summed E-state index contributed by atoms with van der Waals surface area (Å²) in [5, 5.41) is 5.82. The van der Waals surface area contributed by atoms with E-state index in [4.69, 9.17) is 9.26 Å². The Kier molecular flexibility index (Phi) is 5.12. The molecule has 0 N–H and O–H groups in total. The summed E-state index contributed by atoms with van der Waals surface area (Å²) < 4.78 is 37.6. The van der Waals surface area contributed by atoms with Crippen molar-refractivity contribution >= 4 is 21.4 Å². The van der Waals surface area contributed by atoms with Crippen molar-refractivity contribution in [3.8, 4) is 16.5 Å². The van der Waals surface area contributed by atoms with Gasteiger partial charge in [-0.1, -0.05) is 11.2 Å². The molecule has 3 aromatic rings. The van der Waals surface area contributed by atoms with Crippen LogP contribution in [0.15, 0.2) is 39.1 Å². The number of aryl methyl sites for hydroxylation is 2. The van der Waals surface area contributed by atoms with Crippen LogP contribution in [0.1, 0.15) is 17.0 Å². The number of benzene rings is 1. The van der Waals surface area contributed by atoms with Crippen molar-refractivity contribution in [3.63, 3.8) is 0 Å². The Hall–Kier alpha value is -2.23. The van der Waals surface area contributed by atoms with Crippen molar-refractivity contribution in [2.24, 2.45) is 0 Å². The highest BCUT2D eigenvalue weighted by molar-refractivity contribution is 7.89. The third kappa shape index (κ3) is 3.50. The zero-order valence-electron chi connectivity index (χ0n) is 14.9. The van der Waals surface area contributed by atoms with Gasteiger partial charge in [-0.3, -0.25) is 0 Å². The van der Waals surface area contributed by atoms with Gasteiger partial charge in [0.15, 0.2) is 0 Å². The monoisotopic (exact) mass is 393 g/mol. The molecule has 0 saturated carbocycles. The van der Waals surface area contributed by atoms with Crippen molar-refractivity contribution in [1.82, 2.24) is 14.4 Å². The van der Waals surface area contributed by atoms with E-state index in [0.29, 0.717) is 22.7 Å². The number of hydrogen-bond acceptors (Lipinski definition) is 7. The molecule has 2 heterocycles. The first-order valence-electron chi connectivity index (χ1n) is 7.81. The van der Waals surface area contributed by atoms with E-state index in [0.717, 1.165) is 4.88 Å². The number of ether oxygens (including phenoxy) is 1. The quantitative estimate of drug-likeness (QED) is 0.639. The summed E-state index contributed by atoms with van der Waals surface area (Å²) in [6.45, 7) is 3.49. The molecule has 3 rings (SSSR count). The molecular formula is C17H19N3O4S2. The number of nitrogens with zero attached hydrogens (tertiary/aromatic N) is 3. The summed E-state index contributed by atoms with van der Waals surface area (Å²) in [5.41, 5.74) is 1.25. The van der Waals surface area contributed by atoms with E-state index >= 15 is 0 Å². The molecule has 0 bridgehead atoms. The highest BCUT2D eigenvalue weighted by Crippen LogP contribution is 2.28. The molecule has 0 saturated heterocycles. The fraction of sp³-hybridized carbons (Fsp3) is 0.294. The lowest BCUT2D eigenvalue weighted by Gasteiger charge is -2.19. The van der Waals surface area contributed by atoms with Gasteiger partial charge >= 0.3 is 0 Å². The zero-order chi connectivity index (χ0) is 18.9. The first-order valence-corrected chi connectivity index (χ1v) is 10.1. The molecule has 0 aliphatic rings. The van der Waals surface area contributed by atoms with Crippen molar-refractivity contribution < 1.29 is 17.7 Å². The molecule has 0 radical (unpaired) electrons. The number of aromatic nitrogens is 2. The van der Waals surface area contributed by atoms with Gasteiger partial charge in [0.25, 0.3) is 0 Å². The number of rotatable bonds is 6. The second-order valence-electron chi connectivity index (χ2n) is 5.84. The summed E-state index contributed by atoms with van der Waals surface area (Å²) in [6.07, 6.45) is 0. The normalized spacial score (nSPS) is 11.9. The molecule has 26 heavy (non-hydrogen) atoms. The van der Waals surface area contributed by atoms with E-state index in [1.165, 1.54) is 22.7 Å². The van der Waals surface area contributed by atoms with E-state index in [1.807, 2.05) is 17.5 Å². The second kappa shape index (κ2) is 7.18. The third-order valence-electron chi connectivity index (χ3n) is 3.91. The molecule has 0 fully saturated rings. The maximum absolute atomic E-state index is 13.0. The summed E-state index contributed by atoms with van der Waals surface area (Å²) >= 11 is 1.49. The molecule has 9 heteroatoms. The van der Waals surface area contributed by atoms with Gasteiger partial charge in [0.05, 0.1) is 23.4 Å². The summed E-state index contributed by atoms with van der Waals surface area (Å²) in [6, 6.07) is 7.18. The zero-order valence-corrected chi connectivity index (χ0v) is 16.5. The van der Waals surface area contributed by atoms with Gasteiger partial charge in [-0.05, 0) is 48.6 Å². The molecule has 0 aliphatic heterocycles. The van der Waals surface area contributed by atoms with Crippen molar-refractivity contribution in [1.29, 1.82) is 0 Å². The van der Waals surface area contributed by atoms with Crippen LogP contribution in [-0.2, 0) is 16.6 Å². The van der Waals surface area contributed by atoms with Gasteiger partial charge in [0.1, 0.15) is 5.75 Å². The Balaban J connectivity index is 1.86. The molecule has 2 aromatic heterocycles. The lowest BCUT2D eigenvalue weighted by molar-refractivity contribution is 0.336. The lowest BCUT2D eigenvalue weighted by Crippen LogP contribution is -2.28. The van der Waals surface area contributed by atoms with E-state index < -0.39 is 10.0 Å². The van der Waals surface area contributed by atoms with Gasteiger partial charge in [-0.25, -0.2) is 8.42 Å². The van der Waals surface area contributed by atoms with Gasteiger partial charge in [-0.15, -0.1) is 11.3 Å². The van der Waals surface area contributed by atoms with Crippen LogP contribution in [0.2, 0.25) is 0 Å². The van der Waals surface area contributed by atoms with Gasteiger partial charge in [-0.2, -0.15) is 9.29 Å². The number of sulfonamides is 1. The lowest BCUT2D eigenvalue weighted by atomic mass is 10.1. The third-order valence-corrected chi connectivity index (χ3v) is 6.88. The topological polar surface area (TPSA) is 85.5 Å². The minimum atomic E-state index is -3.72. The van der Waals surface area contributed by atoms with Crippen LogP contribution >= 0.6 is 11.3 Å². The average Bonchev–Trinajstić information content (AvgIpc) is 3.24. The molecule has 7 nitrogen and oxygen atoms in total. The molecular weight excluding hydrogens is 374 g/mol. The van der Waals surface area contributed by atoms with Crippen molar-refractivity contribution in [2.45, 2.75) is 25.3 Å². The van der Waals surface area contributed by atoms with Crippen LogP contribution in [-0.4, -0.2) is 37.0 Å². The second-order valence-corrected chi connectivity index (χ2v) is 8.77. The van der Waals surface area contributed by atoms with Gasteiger partial charge in [0, 0.05) is 7.05 Å². The van der Waals surface area contributed by atoms with Crippen LogP contribution < -0.4 is 4.74 Å². The maximum atomic E-state index is 13.0. The Morgan fingerprint density at radius 3 is 2.54 bits per heavy atom. The highest BCUT2D eigenvalue weighted by Gasteiger charge is 2.27. The summed E-state index contributed by atoms with van der Waals surface area (Å²) in [5.74, 6) is 1.32. The number of methoxy groups -OCH3 is 1. The van der Waals surface area contributed by atoms with E-state index in [9.17, 15) is 8.42 Å². The predicted molar refractivity (Wildman–Crippen MR) is 98.7 cm³/mol. The largest absolute Gasteiger partial charge is 0.497 e. The maximum Gasteiger partial charge on any atom is 0.243 e. The minimum Gasteiger partial charge on any atom is -0.497 e. The van der Waals surface area contributed by atoms with E-state index in [1.54, 1.807) is 33.1 Å². The standard InChI is InChI=1S/C17H19N3O4S2/c1-11-8-13(23-4)9-12(2)16(11)26(21,22)20(3)10-15-18-17(19-24-15)14-6-5-7-25-14/h5-9H,10H2,1-4H3. The van der Waals surface area contributed by atoms with Crippen molar-refractivity contribution in [3.05, 3.63) is 46.7 Å². The molecule has 0 atom stereocenters. The molecule has 138 valence electrons. The number of thiophene rings is 1. The molecule has 0 spiro atoms. The first kappa shape index (κ1) is 18.6. The van der Waals surface area contributed by atoms with Crippen LogP contribution in [0.25, 0.3) is 10.7 Å². The predicted octanol–water partition coefficient (Wildman–Crippen LogP) is 3.24. The Labute approximate surface area is 156 Å². The van der Waals surface area contributed by atoms with Crippen LogP contribution in [0.5, 0.6) is 5.75 Å². The van der Waals surface area contributed by atoms with E-state index in [-0.39, 0.29) is 17.3 Å².